The molecule has 1 saturated heterocycles. The fourth-order valence-corrected chi connectivity index (χ4v) is 2.81. The zero-order valence-corrected chi connectivity index (χ0v) is 14.3. The Morgan fingerprint density at radius 2 is 2.00 bits per heavy atom. The van der Waals surface area contributed by atoms with Crippen LogP contribution in [0.4, 0.5) is 9.18 Å². The average Bonchev–Trinajstić information content (AvgIpc) is 2.78. The van der Waals surface area contributed by atoms with Gasteiger partial charge in [0.2, 0.25) is 5.91 Å². The highest BCUT2D eigenvalue weighted by Gasteiger charge is 2.16. The van der Waals surface area contributed by atoms with E-state index in [-0.39, 0.29) is 17.8 Å². The number of hydrogen-bond acceptors (Lipinski definition) is 2. The molecule has 0 unspecified atom stereocenters. The van der Waals surface area contributed by atoms with E-state index in [9.17, 15) is 14.0 Å². The molecule has 6 heteroatoms. The second kappa shape index (κ2) is 9.25. The maximum Gasteiger partial charge on any atom is 0.317 e. The average molecular weight is 335 g/mol. The molecule has 132 valence electrons. The first kappa shape index (κ1) is 18.2. The summed E-state index contributed by atoms with van der Waals surface area (Å²) in [4.78, 5) is 27.4. The van der Waals surface area contributed by atoms with Crippen molar-refractivity contribution in [3.05, 3.63) is 35.6 Å². The zero-order valence-electron chi connectivity index (χ0n) is 14.3. The summed E-state index contributed by atoms with van der Waals surface area (Å²) in [5.74, 6) is -0.0545. The van der Waals surface area contributed by atoms with Gasteiger partial charge in [0.05, 0.1) is 0 Å². The highest BCUT2D eigenvalue weighted by Crippen LogP contribution is 2.11. The number of halogens is 1. The first-order valence-electron chi connectivity index (χ1n) is 8.57. The Morgan fingerprint density at radius 3 is 2.75 bits per heavy atom. The number of likely N-dealkylation sites (tertiary alicyclic amines) is 1. The van der Waals surface area contributed by atoms with Gasteiger partial charge in [-0.15, -0.1) is 0 Å². The molecule has 1 N–H and O–H groups in total. The molecule has 2 rings (SSSR count). The van der Waals surface area contributed by atoms with E-state index < -0.39 is 0 Å². The molecular weight excluding hydrogens is 309 g/mol. The minimum atomic E-state index is -0.283. The third-order valence-electron chi connectivity index (χ3n) is 4.23. The molecule has 1 fully saturated rings. The van der Waals surface area contributed by atoms with Gasteiger partial charge in [-0.05, 0) is 37.0 Å². The van der Waals surface area contributed by atoms with Crippen LogP contribution in [0, 0.1) is 5.82 Å². The lowest BCUT2D eigenvalue weighted by Gasteiger charge is -2.21. The molecule has 0 aromatic heterocycles. The summed E-state index contributed by atoms with van der Waals surface area (Å²) >= 11 is 0. The van der Waals surface area contributed by atoms with Crippen LogP contribution >= 0.6 is 0 Å². The maximum absolute atomic E-state index is 12.9. The van der Waals surface area contributed by atoms with Gasteiger partial charge in [0.25, 0.3) is 0 Å². The number of hydrogen-bond donors (Lipinski definition) is 1. The summed E-state index contributed by atoms with van der Waals surface area (Å²) in [5.41, 5.74) is 0.879. The molecule has 0 bridgehead atoms. The molecule has 1 aromatic carbocycles. The van der Waals surface area contributed by atoms with Crippen LogP contribution in [-0.2, 0) is 11.3 Å². The van der Waals surface area contributed by atoms with Crippen molar-refractivity contribution in [2.45, 2.75) is 38.6 Å². The Hall–Kier alpha value is -2.11. The second-order valence-electron chi connectivity index (χ2n) is 6.26. The van der Waals surface area contributed by atoms with E-state index in [1.165, 1.54) is 12.1 Å². The van der Waals surface area contributed by atoms with Crippen molar-refractivity contribution in [3.8, 4) is 0 Å². The minimum Gasteiger partial charge on any atom is -0.343 e. The number of benzene rings is 1. The van der Waals surface area contributed by atoms with Crippen LogP contribution in [0.5, 0.6) is 0 Å². The van der Waals surface area contributed by atoms with Gasteiger partial charge >= 0.3 is 6.03 Å². The van der Waals surface area contributed by atoms with E-state index in [1.54, 1.807) is 24.1 Å². The lowest BCUT2D eigenvalue weighted by molar-refractivity contribution is -0.130. The first-order chi connectivity index (χ1) is 11.6. The number of amides is 3. The van der Waals surface area contributed by atoms with Crippen molar-refractivity contribution in [1.29, 1.82) is 0 Å². The highest BCUT2D eigenvalue weighted by atomic mass is 19.1. The normalized spacial score (nSPS) is 15.1. The van der Waals surface area contributed by atoms with Gasteiger partial charge in [0.15, 0.2) is 0 Å². The van der Waals surface area contributed by atoms with Gasteiger partial charge in [-0.25, -0.2) is 9.18 Å². The standard InChI is InChI=1S/C18H26FN3O2/c1-21(14-15-7-9-16(19)10-8-15)18(24)20-11-5-13-22-12-4-2-3-6-17(22)23/h7-10H,2-6,11-14H2,1H3,(H,20,24). The topological polar surface area (TPSA) is 52.7 Å². The predicted octanol–water partition coefficient (Wildman–Crippen LogP) is 2.76. The SMILES string of the molecule is CN(Cc1ccc(F)cc1)C(=O)NCCCN1CCCCCC1=O. The van der Waals surface area contributed by atoms with Crippen LogP contribution in [-0.4, -0.2) is 48.4 Å². The fourth-order valence-electron chi connectivity index (χ4n) is 2.81. The monoisotopic (exact) mass is 335 g/mol. The molecule has 24 heavy (non-hydrogen) atoms. The van der Waals surface area contributed by atoms with Crippen LogP contribution < -0.4 is 5.32 Å². The van der Waals surface area contributed by atoms with Gasteiger partial charge in [-0.3, -0.25) is 4.79 Å². The van der Waals surface area contributed by atoms with E-state index in [2.05, 4.69) is 5.32 Å². The lowest BCUT2D eigenvalue weighted by atomic mass is 10.2. The summed E-state index contributed by atoms with van der Waals surface area (Å²) in [6.07, 6.45) is 4.57. The molecule has 0 radical (unpaired) electrons. The molecule has 5 nitrogen and oxygen atoms in total. The quantitative estimate of drug-likeness (QED) is 0.813. The largest absolute Gasteiger partial charge is 0.343 e. The van der Waals surface area contributed by atoms with Crippen LogP contribution in [0.1, 0.15) is 37.7 Å². The van der Waals surface area contributed by atoms with E-state index >= 15 is 0 Å². The fraction of sp³-hybridized carbons (Fsp3) is 0.556. The summed E-state index contributed by atoms with van der Waals surface area (Å²) in [6.45, 7) is 2.49. The van der Waals surface area contributed by atoms with Gasteiger partial charge in [0.1, 0.15) is 5.82 Å². The van der Waals surface area contributed by atoms with Crippen LogP contribution in [0.2, 0.25) is 0 Å². The molecule has 0 saturated carbocycles. The molecule has 0 aliphatic carbocycles. The molecule has 1 aliphatic heterocycles. The predicted molar refractivity (Wildman–Crippen MR) is 90.9 cm³/mol. The molecule has 0 atom stereocenters. The molecule has 3 amide bonds. The van der Waals surface area contributed by atoms with Crippen LogP contribution in [0.15, 0.2) is 24.3 Å². The molecular formula is C18H26FN3O2. The lowest BCUT2D eigenvalue weighted by Crippen LogP contribution is -2.39. The number of rotatable bonds is 6. The number of carbonyl (C=O) groups is 2. The minimum absolute atomic E-state index is 0.165. The Labute approximate surface area is 142 Å². The second-order valence-corrected chi connectivity index (χ2v) is 6.26. The number of nitrogens with one attached hydrogen (secondary N) is 1. The van der Waals surface area contributed by atoms with Crippen molar-refractivity contribution in [2.75, 3.05) is 26.7 Å². The third kappa shape index (κ3) is 5.83. The van der Waals surface area contributed by atoms with Crippen molar-refractivity contribution < 1.29 is 14.0 Å². The molecule has 1 aliphatic rings. The zero-order chi connectivity index (χ0) is 17.4. The molecule has 1 heterocycles. The van der Waals surface area contributed by atoms with E-state index in [4.69, 9.17) is 0 Å². The van der Waals surface area contributed by atoms with Crippen LogP contribution in [0.25, 0.3) is 0 Å². The van der Waals surface area contributed by atoms with E-state index in [1.807, 2.05) is 4.90 Å². The van der Waals surface area contributed by atoms with Crippen molar-refractivity contribution in [3.63, 3.8) is 0 Å². The van der Waals surface area contributed by atoms with Crippen molar-refractivity contribution >= 4 is 11.9 Å². The first-order valence-corrected chi connectivity index (χ1v) is 8.57. The number of urea groups is 1. The summed E-state index contributed by atoms with van der Waals surface area (Å²) in [7, 11) is 1.71. The summed E-state index contributed by atoms with van der Waals surface area (Å²) in [5, 5.41) is 2.86. The number of nitrogens with zero attached hydrogens (tertiary/aromatic N) is 2. The summed E-state index contributed by atoms with van der Waals surface area (Å²) < 4.78 is 12.9. The third-order valence-corrected chi connectivity index (χ3v) is 4.23. The van der Waals surface area contributed by atoms with E-state index in [0.29, 0.717) is 26.1 Å². The summed E-state index contributed by atoms with van der Waals surface area (Å²) in [6, 6.07) is 5.95. The van der Waals surface area contributed by atoms with Gasteiger partial charge in [-0.1, -0.05) is 18.6 Å². The molecule has 1 aromatic rings. The Kier molecular flexibility index (Phi) is 7.03. The van der Waals surface area contributed by atoms with E-state index in [0.717, 1.165) is 37.8 Å². The molecule has 0 spiro atoms. The van der Waals surface area contributed by atoms with Crippen LogP contribution in [0.3, 0.4) is 0 Å². The smallest absolute Gasteiger partial charge is 0.317 e. The van der Waals surface area contributed by atoms with Gasteiger partial charge in [0, 0.05) is 39.6 Å². The number of carbonyl (C=O) groups excluding carboxylic acids is 2. The Morgan fingerprint density at radius 1 is 1.25 bits per heavy atom. The van der Waals surface area contributed by atoms with Crippen molar-refractivity contribution in [1.82, 2.24) is 15.1 Å². The van der Waals surface area contributed by atoms with Crippen molar-refractivity contribution in [2.24, 2.45) is 0 Å². The Balaban J connectivity index is 1.66. The van der Waals surface area contributed by atoms with Gasteiger partial charge < -0.3 is 15.1 Å². The van der Waals surface area contributed by atoms with Gasteiger partial charge in [-0.2, -0.15) is 0 Å². The highest BCUT2D eigenvalue weighted by molar-refractivity contribution is 5.76. The maximum atomic E-state index is 12.9. The Bertz CT molecular complexity index is 548.